The Balaban J connectivity index is 1.54. The Morgan fingerprint density at radius 1 is 0.946 bits per heavy atom. The van der Waals surface area contributed by atoms with Crippen LogP contribution >= 0.6 is 0 Å². The first-order valence-electron chi connectivity index (χ1n) is 12.3. The zero-order valence-corrected chi connectivity index (χ0v) is 20.7. The number of hydrogen-bond donors (Lipinski definition) is 2. The maximum Gasteiger partial charge on any atom is 0.229 e. The summed E-state index contributed by atoms with van der Waals surface area (Å²) in [6.45, 7) is 2.01. The van der Waals surface area contributed by atoms with Crippen LogP contribution in [0, 0.1) is 0 Å². The Morgan fingerprint density at radius 2 is 1.76 bits per heavy atom. The monoisotopic (exact) mass is 489 g/mol. The summed E-state index contributed by atoms with van der Waals surface area (Å²) in [6.07, 6.45) is 0.612. The summed E-state index contributed by atoms with van der Waals surface area (Å²) in [4.78, 5) is 18.1. The van der Waals surface area contributed by atoms with Crippen LogP contribution in [-0.2, 0) is 11.2 Å². The van der Waals surface area contributed by atoms with E-state index in [2.05, 4.69) is 47.4 Å². The van der Waals surface area contributed by atoms with Crippen LogP contribution in [0.5, 0.6) is 5.75 Å². The highest BCUT2D eigenvalue weighted by Crippen LogP contribution is 2.39. The molecule has 37 heavy (non-hydrogen) atoms. The van der Waals surface area contributed by atoms with Gasteiger partial charge in [0.25, 0.3) is 0 Å². The van der Waals surface area contributed by atoms with Crippen molar-refractivity contribution in [3.05, 3.63) is 90.5 Å². The number of fused-ring (bicyclic) bond motifs is 4. The number of aromatic nitrogens is 1. The van der Waals surface area contributed by atoms with E-state index in [1.807, 2.05) is 42.5 Å². The number of rotatable bonds is 6. The Kier molecular flexibility index (Phi) is 5.66. The molecule has 0 saturated carbocycles. The van der Waals surface area contributed by atoms with E-state index in [0.29, 0.717) is 18.7 Å². The zero-order chi connectivity index (χ0) is 25.5. The summed E-state index contributed by atoms with van der Waals surface area (Å²) < 4.78 is 11.7. The average molecular weight is 490 g/mol. The van der Waals surface area contributed by atoms with E-state index in [4.69, 9.17) is 14.9 Å². The van der Waals surface area contributed by atoms with Gasteiger partial charge in [0.15, 0.2) is 0 Å². The predicted octanol–water partition coefficient (Wildman–Crippen LogP) is 6.93. The largest absolute Gasteiger partial charge is 0.497 e. The van der Waals surface area contributed by atoms with Gasteiger partial charge in [0, 0.05) is 45.8 Å². The standard InChI is InChI=1S/C31H27N3O3/c1-19(35)34(21-7-5-8-22(18-21)36-2)31-26(15-16-32)27-17-20(13-14-28(27)33-31)23-10-6-11-25-24-9-3-4-12-29(24)37-30(23)25/h3-14,17-18,33H,15-16,32H2,1-2H3. The van der Waals surface area contributed by atoms with Crippen molar-refractivity contribution in [2.24, 2.45) is 5.73 Å². The molecule has 0 spiro atoms. The second-order valence-electron chi connectivity index (χ2n) is 9.09. The third-order valence-corrected chi connectivity index (χ3v) is 6.84. The van der Waals surface area contributed by atoms with Crippen LogP contribution in [0.2, 0.25) is 0 Å². The number of nitrogens with one attached hydrogen (secondary N) is 1. The van der Waals surface area contributed by atoms with E-state index in [-0.39, 0.29) is 5.91 Å². The number of methoxy groups -OCH3 is 1. The second kappa shape index (κ2) is 9.15. The molecule has 2 heterocycles. The summed E-state index contributed by atoms with van der Waals surface area (Å²) in [5.41, 5.74) is 12.5. The zero-order valence-electron chi connectivity index (χ0n) is 20.7. The Bertz CT molecular complexity index is 1780. The van der Waals surface area contributed by atoms with Crippen LogP contribution in [0.4, 0.5) is 11.5 Å². The van der Waals surface area contributed by atoms with Gasteiger partial charge in [0.05, 0.1) is 12.8 Å². The lowest BCUT2D eigenvalue weighted by Gasteiger charge is -2.22. The van der Waals surface area contributed by atoms with Gasteiger partial charge in [-0.1, -0.05) is 48.5 Å². The second-order valence-corrected chi connectivity index (χ2v) is 9.09. The lowest BCUT2D eigenvalue weighted by Crippen LogP contribution is -2.24. The molecule has 6 heteroatoms. The molecule has 0 fully saturated rings. The summed E-state index contributed by atoms with van der Waals surface area (Å²) in [5.74, 6) is 1.30. The first kappa shape index (κ1) is 22.9. The van der Waals surface area contributed by atoms with Gasteiger partial charge in [-0.3, -0.25) is 9.69 Å². The molecular formula is C31H27N3O3. The van der Waals surface area contributed by atoms with E-state index in [1.54, 1.807) is 18.9 Å². The molecule has 2 aromatic heterocycles. The number of nitrogens with zero attached hydrogens (tertiary/aromatic N) is 1. The number of carbonyl (C=O) groups excluding carboxylic acids is 1. The van der Waals surface area contributed by atoms with Gasteiger partial charge in [0.2, 0.25) is 5.91 Å². The van der Waals surface area contributed by atoms with Crippen LogP contribution in [0.15, 0.2) is 89.3 Å². The number of anilines is 2. The molecule has 3 N–H and O–H groups in total. The van der Waals surface area contributed by atoms with Gasteiger partial charge in [-0.15, -0.1) is 0 Å². The molecule has 4 aromatic carbocycles. The van der Waals surface area contributed by atoms with Crippen molar-refractivity contribution in [3.8, 4) is 16.9 Å². The van der Waals surface area contributed by atoms with Crippen LogP contribution in [0.3, 0.4) is 0 Å². The van der Waals surface area contributed by atoms with Crippen molar-refractivity contribution in [2.75, 3.05) is 18.6 Å². The molecule has 6 nitrogen and oxygen atoms in total. The summed E-state index contributed by atoms with van der Waals surface area (Å²) in [5, 5.41) is 3.22. The average Bonchev–Trinajstić information content (AvgIpc) is 3.47. The van der Waals surface area contributed by atoms with Crippen LogP contribution < -0.4 is 15.4 Å². The van der Waals surface area contributed by atoms with Gasteiger partial charge in [-0.05, 0) is 48.9 Å². The Hall–Kier alpha value is -4.55. The fourth-order valence-electron chi connectivity index (χ4n) is 5.18. The molecule has 0 saturated heterocycles. The molecule has 0 aliphatic rings. The molecule has 1 amide bonds. The highest BCUT2D eigenvalue weighted by Gasteiger charge is 2.23. The van der Waals surface area contributed by atoms with Crippen molar-refractivity contribution in [1.82, 2.24) is 4.98 Å². The first-order valence-corrected chi connectivity index (χ1v) is 12.3. The molecule has 6 rings (SSSR count). The molecule has 184 valence electrons. The molecule has 0 aliphatic carbocycles. The summed E-state index contributed by atoms with van der Waals surface area (Å²) in [7, 11) is 1.62. The maximum atomic E-state index is 12.9. The van der Waals surface area contributed by atoms with Gasteiger partial charge in [0.1, 0.15) is 22.7 Å². The summed E-state index contributed by atoms with van der Waals surface area (Å²) >= 11 is 0. The summed E-state index contributed by atoms with van der Waals surface area (Å²) in [6, 6.07) is 28.1. The number of carbonyl (C=O) groups is 1. The number of nitrogens with two attached hydrogens (primary N) is 1. The SMILES string of the molecule is COc1cccc(N(C(C)=O)c2[nH]c3ccc(-c4cccc5c4oc4ccccc45)cc3c2CCN)c1. The van der Waals surface area contributed by atoms with E-state index >= 15 is 0 Å². The maximum absolute atomic E-state index is 12.9. The Labute approximate surface area is 214 Å². The fourth-order valence-corrected chi connectivity index (χ4v) is 5.18. The highest BCUT2D eigenvalue weighted by molar-refractivity contribution is 6.10. The number of hydrogen-bond acceptors (Lipinski definition) is 4. The van der Waals surface area contributed by atoms with Crippen molar-refractivity contribution in [1.29, 1.82) is 0 Å². The topological polar surface area (TPSA) is 84.5 Å². The minimum atomic E-state index is -0.106. The van der Waals surface area contributed by atoms with Gasteiger partial charge < -0.3 is 19.9 Å². The van der Waals surface area contributed by atoms with Gasteiger partial charge >= 0.3 is 0 Å². The predicted molar refractivity (Wildman–Crippen MR) is 150 cm³/mol. The molecule has 0 atom stereocenters. The minimum Gasteiger partial charge on any atom is -0.497 e. The molecule has 0 radical (unpaired) electrons. The van der Waals surface area contributed by atoms with E-state index in [0.717, 1.165) is 61.0 Å². The fraction of sp³-hybridized carbons (Fsp3) is 0.129. The lowest BCUT2D eigenvalue weighted by molar-refractivity contribution is -0.115. The van der Waals surface area contributed by atoms with E-state index in [9.17, 15) is 4.79 Å². The molecule has 0 bridgehead atoms. The Morgan fingerprint density at radius 3 is 2.57 bits per heavy atom. The number of amides is 1. The van der Waals surface area contributed by atoms with Gasteiger partial charge in [-0.2, -0.15) is 0 Å². The molecule has 6 aromatic rings. The van der Waals surface area contributed by atoms with Crippen molar-refractivity contribution in [2.45, 2.75) is 13.3 Å². The molecule has 0 aliphatic heterocycles. The van der Waals surface area contributed by atoms with Gasteiger partial charge in [-0.25, -0.2) is 0 Å². The third-order valence-electron chi connectivity index (χ3n) is 6.84. The van der Waals surface area contributed by atoms with E-state index < -0.39 is 0 Å². The lowest BCUT2D eigenvalue weighted by atomic mass is 9.99. The minimum absolute atomic E-state index is 0.106. The van der Waals surface area contributed by atoms with Crippen LogP contribution in [0.1, 0.15) is 12.5 Å². The first-order chi connectivity index (χ1) is 18.1. The number of ether oxygens (including phenoxy) is 1. The van der Waals surface area contributed by atoms with Crippen LogP contribution in [-0.4, -0.2) is 24.5 Å². The smallest absolute Gasteiger partial charge is 0.229 e. The number of H-pyrrole nitrogens is 1. The van der Waals surface area contributed by atoms with E-state index in [1.165, 1.54) is 0 Å². The van der Waals surface area contributed by atoms with Crippen molar-refractivity contribution in [3.63, 3.8) is 0 Å². The third kappa shape index (κ3) is 3.82. The number of furan rings is 1. The quantitative estimate of drug-likeness (QED) is 0.266. The number of para-hydroxylation sites is 2. The highest BCUT2D eigenvalue weighted by atomic mass is 16.5. The number of benzene rings is 4. The van der Waals surface area contributed by atoms with Crippen molar-refractivity contribution < 1.29 is 13.9 Å². The normalized spacial score (nSPS) is 11.4. The van der Waals surface area contributed by atoms with Crippen molar-refractivity contribution >= 4 is 50.3 Å². The van der Waals surface area contributed by atoms with Crippen LogP contribution in [0.25, 0.3) is 44.0 Å². The molecule has 0 unspecified atom stereocenters. The molecular weight excluding hydrogens is 462 g/mol. The number of aromatic amines is 1.